The minimum atomic E-state index is -4.71. The molecule has 0 heterocycles. The molecule has 0 aliphatic heterocycles. The number of halogens is 4. The molecule has 6 heteroatoms. The van der Waals surface area contributed by atoms with Crippen LogP contribution >= 0.6 is 0 Å². The highest BCUT2D eigenvalue weighted by Gasteiger charge is 2.35. The Hall–Kier alpha value is -1.14. The van der Waals surface area contributed by atoms with Gasteiger partial charge < -0.3 is 10.5 Å². The van der Waals surface area contributed by atoms with Crippen LogP contribution < -0.4 is 5.73 Å². The van der Waals surface area contributed by atoms with Gasteiger partial charge in [0.05, 0.1) is 17.2 Å². The zero-order valence-corrected chi connectivity index (χ0v) is 11.0. The van der Waals surface area contributed by atoms with Gasteiger partial charge in [-0.25, -0.2) is 4.39 Å². The van der Waals surface area contributed by atoms with E-state index in [1.165, 1.54) is 6.07 Å². The second-order valence-corrected chi connectivity index (χ2v) is 4.75. The highest BCUT2D eigenvalue weighted by Crippen LogP contribution is 2.34. The van der Waals surface area contributed by atoms with Crippen molar-refractivity contribution in [2.45, 2.75) is 38.6 Å². The van der Waals surface area contributed by atoms with Crippen LogP contribution in [0.3, 0.4) is 0 Å². The minimum absolute atomic E-state index is 0.268. The Morgan fingerprint density at radius 1 is 1.26 bits per heavy atom. The maximum absolute atomic E-state index is 13.5. The topological polar surface area (TPSA) is 35.2 Å². The molecule has 19 heavy (non-hydrogen) atoms. The molecular weight excluding hydrogens is 262 g/mol. The minimum Gasteiger partial charge on any atom is -0.374 e. The lowest BCUT2D eigenvalue weighted by molar-refractivity contribution is -0.140. The first kappa shape index (κ1) is 15.9. The van der Waals surface area contributed by atoms with Gasteiger partial charge in [-0.15, -0.1) is 0 Å². The Labute approximate surface area is 109 Å². The molecule has 1 unspecified atom stereocenters. The first-order valence-electron chi connectivity index (χ1n) is 5.85. The zero-order chi connectivity index (χ0) is 14.8. The smallest absolute Gasteiger partial charge is 0.374 e. The molecule has 0 saturated heterocycles. The van der Waals surface area contributed by atoms with Crippen LogP contribution in [0, 0.1) is 5.82 Å². The Balaban J connectivity index is 3.08. The normalized spacial score (nSPS) is 14.5. The van der Waals surface area contributed by atoms with E-state index in [4.69, 9.17) is 10.5 Å². The number of benzene rings is 1. The summed E-state index contributed by atoms with van der Waals surface area (Å²) in [6.07, 6.45) is -4.71. The molecule has 0 radical (unpaired) electrons. The second-order valence-electron chi connectivity index (χ2n) is 4.75. The van der Waals surface area contributed by atoms with Crippen LogP contribution in [0.2, 0.25) is 0 Å². The first-order valence-corrected chi connectivity index (χ1v) is 5.85. The molecule has 2 N–H and O–H groups in total. The summed E-state index contributed by atoms with van der Waals surface area (Å²) < 4.78 is 56.2. The van der Waals surface area contributed by atoms with Gasteiger partial charge in [0.1, 0.15) is 5.82 Å². The summed E-state index contributed by atoms with van der Waals surface area (Å²) in [5.74, 6) is -1.33. The van der Waals surface area contributed by atoms with Gasteiger partial charge in [0, 0.05) is 6.61 Å². The van der Waals surface area contributed by atoms with Crippen molar-refractivity contribution in [1.82, 2.24) is 0 Å². The summed E-state index contributed by atoms with van der Waals surface area (Å²) in [6.45, 7) is 5.60. The molecule has 1 aromatic carbocycles. The van der Waals surface area contributed by atoms with Crippen molar-refractivity contribution in [1.29, 1.82) is 0 Å². The summed E-state index contributed by atoms with van der Waals surface area (Å²) in [4.78, 5) is 0. The molecule has 0 spiro atoms. The van der Waals surface area contributed by atoms with Crippen LogP contribution in [-0.4, -0.2) is 12.2 Å². The van der Waals surface area contributed by atoms with Crippen LogP contribution in [0.25, 0.3) is 0 Å². The van der Waals surface area contributed by atoms with Gasteiger partial charge in [-0.05, 0) is 38.5 Å². The third-order valence-electron chi connectivity index (χ3n) is 2.92. The molecule has 0 aliphatic carbocycles. The van der Waals surface area contributed by atoms with Crippen LogP contribution in [0.5, 0.6) is 0 Å². The quantitative estimate of drug-likeness (QED) is 0.854. The molecule has 1 rings (SSSR count). The predicted octanol–water partition coefficient (Wildman–Crippen LogP) is 3.66. The first-order chi connectivity index (χ1) is 8.59. The van der Waals surface area contributed by atoms with Crippen LogP contribution in [0.15, 0.2) is 18.2 Å². The molecule has 0 amide bonds. The van der Waals surface area contributed by atoms with E-state index in [1.807, 2.05) is 0 Å². The monoisotopic (exact) mass is 279 g/mol. The third kappa shape index (κ3) is 3.67. The summed E-state index contributed by atoms with van der Waals surface area (Å²) in [5, 5.41) is 0. The maximum atomic E-state index is 13.5. The fourth-order valence-corrected chi connectivity index (χ4v) is 1.82. The van der Waals surface area contributed by atoms with Crippen molar-refractivity contribution in [2.75, 3.05) is 6.61 Å². The molecule has 0 aliphatic rings. The number of ether oxygens (including phenoxy) is 1. The summed E-state index contributed by atoms with van der Waals surface area (Å²) in [7, 11) is 0. The Morgan fingerprint density at radius 3 is 2.26 bits per heavy atom. The van der Waals surface area contributed by atoms with Gasteiger partial charge in [0.15, 0.2) is 0 Å². The Kier molecular flexibility index (Phi) is 4.58. The van der Waals surface area contributed by atoms with E-state index in [0.29, 0.717) is 12.7 Å². The summed E-state index contributed by atoms with van der Waals surface area (Å²) in [5.41, 5.74) is 4.10. The van der Waals surface area contributed by atoms with Crippen molar-refractivity contribution in [3.8, 4) is 0 Å². The molecule has 2 nitrogen and oxygen atoms in total. The summed E-state index contributed by atoms with van der Waals surface area (Å²) in [6, 6.07) is 1.97. The summed E-state index contributed by atoms with van der Waals surface area (Å²) >= 11 is 0. The lowest BCUT2D eigenvalue weighted by Gasteiger charge is -2.31. The highest BCUT2D eigenvalue weighted by molar-refractivity contribution is 5.29. The van der Waals surface area contributed by atoms with E-state index < -0.39 is 29.2 Å². The third-order valence-corrected chi connectivity index (χ3v) is 2.92. The number of nitrogens with two attached hydrogens (primary N) is 1. The van der Waals surface area contributed by atoms with Gasteiger partial charge in [-0.1, -0.05) is 6.07 Å². The molecule has 0 saturated carbocycles. The van der Waals surface area contributed by atoms with Gasteiger partial charge in [-0.2, -0.15) is 13.2 Å². The largest absolute Gasteiger partial charge is 0.419 e. The Morgan fingerprint density at radius 2 is 1.84 bits per heavy atom. The maximum Gasteiger partial charge on any atom is 0.419 e. The molecule has 0 bridgehead atoms. The van der Waals surface area contributed by atoms with Crippen molar-refractivity contribution in [3.63, 3.8) is 0 Å². The molecule has 108 valence electrons. The molecule has 0 fully saturated rings. The average Bonchev–Trinajstić information content (AvgIpc) is 2.26. The van der Waals surface area contributed by atoms with E-state index in [1.54, 1.807) is 20.8 Å². The van der Waals surface area contributed by atoms with Crippen LogP contribution in [0.4, 0.5) is 17.6 Å². The zero-order valence-electron chi connectivity index (χ0n) is 11.0. The number of hydrogen-bond acceptors (Lipinski definition) is 2. The van der Waals surface area contributed by atoms with Crippen molar-refractivity contribution in [3.05, 3.63) is 35.1 Å². The van der Waals surface area contributed by atoms with Crippen LogP contribution in [-0.2, 0) is 10.9 Å². The average molecular weight is 279 g/mol. The van der Waals surface area contributed by atoms with E-state index >= 15 is 0 Å². The molecule has 1 atom stereocenters. The van der Waals surface area contributed by atoms with E-state index in [0.717, 1.165) is 6.07 Å². The SMILES string of the molecule is CCOC(C)(C)C(N)c1ccc(C(F)(F)F)c(F)c1. The van der Waals surface area contributed by atoms with Gasteiger partial charge in [0.25, 0.3) is 0 Å². The predicted molar refractivity (Wildman–Crippen MR) is 64.0 cm³/mol. The lowest BCUT2D eigenvalue weighted by Crippen LogP contribution is -2.38. The standard InChI is InChI=1S/C13H17F4NO/c1-4-19-12(2,3)11(18)8-5-6-9(10(14)7-8)13(15,16)17/h5-7,11H,4,18H2,1-3H3. The van der Waals surface area contributed by atoms with E-state index in [-0.39, 0.29) is 5.56 Å². The Bertz CT molecular complexity index is 443. The van der Waals surface area contributed by atoms with Crippen molar-refractivity contribution in [2.24, 2.45) is 5.73 Å². The van der Waals surface area contributed by atoms with Crippen LogP contribution in [0.1, 0.15) is 37.9 Å². The van der Waals surface area contributed by atoms with Gasteiger partial charge in [0.2, 0.25) is 0 Å². The van der Waals surface area contributed by atoms with Gasteiger partial charge in [-0.3, -0.25) is 0 Å². The van der Waals surface area contributed by atoms with Gasteiger partial charge >= 0.3 is 6.18 Å². The molecular formula is C13H17F4NO. The highest BCUT2D eigenvalue weighted by atomic mass is 19.4. The van der Waals surface area contributed by atoms with Crippen molar-refractivity contribution < 1.29 is 22.3 Å². The fourth-order valence-electron chi connectivity index (χ4n) is 1.82. The number of rotatable bonds is 4. The molecule has 1 aromatic rings. The number of alkyl halides is 3. The number of hydrogen-bond donors (Lipinski definition) is 1. The molecule has 0 aromatic heterocycles. The van der Waals surface area contributed by atoms with E-state index in [2.05, 4.69) is 0 Å². The van der Waals surface area contributed by atoms with Crippen molar-refractivity contribution >= 4 is 0 Å². The fraction of sp³-hybridized carbons (Fsp3) is 0.538. The van der Waals surface area contributed by atoms with E-state index in [9.17, 15) is 17.6 Å². The lowest BCUT2D eigenvalue weighted by atomic mass is 9.91. The second kappa shape index (κ2) is 5.46.